The van der Waals surface area contributed by atoms with Crippen LogP contribution in [0.1, 0.15) is 32.6 Å². The van der Waals surface area contributed by atoms with Gasteiger partial charge in [0.2, 0.25) is 17.7 Å². The first-order valence-electron chi connectivity index (χ1n) is 6.87. The molecule has 2 unspecified atom stereocenters. The van der Waals surface area contributed by atoms with E-state index in [1.165, 1.54) is 4.90 Å². The lowest BCUT2D eigenvalue weighted by Gasteiger charge is -2.31. The Morgan fingerprint density at radius 3 is 2.63 bits per heavy atom. The summed E-state index contributed by atoms with van der Waals surface area (Å²) in [6.45, 7) is 3.05. The van der Waals surface area contributed by atoms with Gasteiger partial charge in [-0.2, -0.15) is 0 Å². The summed E-state index contributed by atoms with van der Waals surface area (Å²) in [6.07, 6.45) is 2.26. The number of piperidine rings is 1. The Bertz CT molecular complexity index is 397. The number of rotatable bonds is 4. The van der Waals surface area contributed by atoms with Gasteiger partial charge in [0.05, 0.1) is 12.5 Å². The summed E-state index contributed by atoms with van der Waals surface area (Å²) in [7, 11) is 1.77. The first kappa shape index (κ1) is 14.0. The molecule has 3 amide bonds. The minimum Gasteiger partial charge on any atom is -0.344 e. The fourth-order valence-corrected chi connectivity index (χ4v) is 2.70. The van der Waals surface area contributed by atoms with Crippen LogP contribution < -0.4 is 5.32 Å². The number of amides is 3. The predicted octanol–water partition coefficient (Wildman–Crippen LogP) is -0.266. The highest BCUT2D eigenvalue weighted by Gasteiger charge is 2.39. The van der Waals surface area contributed by atoms with Crippen molar-refractivity contribution in [1.82, 2.24) is 15.1 Å². The molecule has 0 aromatic heterocycles. The molecule has 0 spiro atoms. The van der Waals surface area contributed by atoms with Crippen LogP contribution >= 0.6 is 0 Å². The second kappa shape index (κ2) is 5.69. The normalized spacial score (nSPS) is 28.4. The average molecular weight is 267 g/mol. The molecule has 2 saturated heterocycles. The molecule has 1 N–H and O–H groups in total. The maximum Gasteiger partial charge on any atom is 0.246 e. The number of likely N-dealkylation sites (N-methyl/N-ethyl adjacent to an activating group) is 1. The van der Waals surface area contributed by atoms with E-state index in [2.05, 4.69) is 5.32 Å². The lowest BCUT2D eigenvalue weighted by atomic mass is 10.0. The molecule has 0 aromatic rings. The molecule has 2 fully saturated rings. The summed E-state index contributed by atoms with van der Waals surface area (Å²) in [5, 5.41) is 3.23. The Labute approximate surface area is 113 Å². The molecule has 6 heteroatoms. The van der Waals surface area contributed by atoms with Crippen molar-refractivity contribution in [2.24, 2.45) is 0 Å². The number of imide groups is 1. The fourth-order valence-electron chi connectivity index (χ4n) is 2.70. The quantitative estimate of drug-likeness (QED) is 0.712. The van der Waals surface area contributed by atoms with Crippen molar-refractivity contribution < 1.29 is 14.4 Å². The molecular weight excluding hydrogens is 246 g/mol. The highest BCUT2D eigenvalue weighted by atomic mass is 16.2. The van der Waals surface area contributed by atoms with Crippen LogP contribution in [0.2, 0.25) is 0 Å². The lowest BCUT2D eigenvalue weighted by Crippen LogP contribution is -2.51. The van der Waals surface area contributed by atoms with Gasteiger partial charge in [0.1, 0.15) is 0 Å². The second-order valence-electron chi connectivity index (χ2n) is 5.32. The molecule has 19 heavy (non-hydrogen) atoms. The third kappa shape index (κ3) is 2.94. The molecule has 2 aliphatic rings. The first-order valence-corrected chi connectivity index (χ1v) is 6.87. The van der Waals surface area contributed by atoms with Gasteiger partial charge in [-0.25, -0.2) is 0 Å². The van der Waals surface area contributed by atoms with E-state index in [4.69, 9.17) is 0 Å². The Kier molecular flexibility index (Phi) is 4.19. The molecule has 0 aromatic carbocycles. The zero-order chi connectivity index (χ0) is 14.0. The highest BCUT2D eigenvalue weighted by Crippen LogP contribution is 2.17. The lowest BCUT2D eigenvalue weighted by molar-refractivity contribution is -0.138. The summed E-state index contributed by atoms with van der Waals surface area (Å²) >= 11 is 0. The number of hydrogen-bond donors (Lipinski definition) is 1. The van der Waals surface area contributed by atoms with Gasteiger partial charge >= 0.3 is 0 Å². The summed E-state index contributed by atoms with van der Waals surface area (Å²) in [4.78, 5) is 38.2. The summed E-state index contributed by atoms with van der Waals surface area (Å²) in [6, 6.07) is -0.309. The van der Waals surface area contributed by atoms with Gasteiger partial charge < -0.3 is 10.2 Å². The van der Waals surface area contributed by atoms with E-state index in [1.807, 2.05) is 6.92 Å². The molecule has 106 valence electrons. The average Bonchev–Trinajstić information content (AvgIpc) is 2.62. The van der Waals surface area contributed by atoms with Crippen molar-refractivity contribution in [2.45, 2.75) is 44.7 Å². The van der Waals surface area contributed by atoms with Gasteiger partial charge in [-0.15, -0.1) is 0 Å². The van der Waals surface area contributed by atoms with Gasteiger partial charge in [0.25, 0.3) is 0 Å². The molecule has 0 aliphatic carbocycles. The van der Waals surface area contributed by atoms with Gasteiger partial charge in [-0.05, 0) is 12.8 Å². The molecule has 2 heterocycles. The van der Waals surface area contributed by atoms with E-state index in [0.717, 1.165) is 12.8 Å². The van der Waals surface area contributed by atoms with Crippen LogP contribution in [0.15, 0.2) is 0 Å². The fraction of sp³-hybridized carbons (Fsp3) is 0.769. The van der Waals surface area contributed by atoms with E-state index in [9.17, 15) is 14.4 Å². The Hall–Kier alpha value is -1.43. The topological polar surface area (TPSA) is 69.7 Å². The maximum atomic E-state index is 12.1. The summed E-state index contributed by atoms with van der Waals surface area (Å²) in [5.74, 6) is -0.0736. The molecule has 0 radical (unpaired) electrons. The highest BCUT2D eigenvalue weighted by molar-refractivity contribution is 6.05. The summed E-state index contributed by atoms with van der Waals surface area (Å²) < 4.78 is 0. The van der Waals surface area contributed by atoms with E-state index in [0.29, 0.717) is 19.5 Å². The van der Waals surface area contributed by atoms with Gasteiger partial charge in [-0.1, -0.05) is 6.92 Å². The third-order valence-corrected chi connectivity index (χ3v) is 3.75. The molecular formula is C13H21N3O3. The van der Waals surface area contributed by atoms with Crippen LogP contribution in [-0.4, -0.2) is 59.7 Å². The third-order valence-electron chi connectivity index (χ3n) is 3.75. The minimum atomic E-state index is -0.411. The first-order chi connectivity index (χ1) is 9.02. The number of likely N-dealkylation sites (tertiary alicyclic amines) is 2. The van der Waals surface area contributed by atoms with Crippen molar-refractivity contribution in [3.63, 3.8) is 0 Å². The molecule has 0 bridgehead atoms. The van der Waals surface area contributed by atoms with Gasteiger partial charge in [0, 0.05) is 32.6 Å². The smallest absolute Gasteiger partial charge is 0.246 e. The SMILES string of the molecule is CCCN1C(=O)CC(NC2CCC(=O)N(C)C2)C1=O. The van der Waals surface area contributed by atoms with E-state index in [1.54, 1.807) is 11.9 Å². The molecule has 2 rings (SSSR count). The Morgan fingerprint density at radius 2 is 2.00 bits per heavy atom. The van der Waals surface area contributed by atoms with E-state index in [-0.39, 0.29) is 30.2 Å². The van der Waals surface area contributed by atoms with Crippen molar-refractivity contribution >= 4 is 17.7 Å². The van der Waals surface area contributed by atoms with Crippen LogP contribution in [0.3, 0.4) is 0 Å². The van der Waals surface area contributed by atoms with Crippen molar-refractivity contribution in [2.75, 3.05) is 20.1 Å². The van der Waals surface area contributed by atoms with Crippen LogP contribution in [0, 0.1) is 0 Å². The zero-order valence-corrected chi connectivity index (χ0v) is 11.5. The number of hydrogen-bond acceptors (Lipinski definition) is 4. The van der Waals surface area contributed by atoms with Crippen molar-refractivity contribution in [1.29, 1.82) is 0 Å². The maximum absolute atomic E-state index is 12.1. The van der Waals surface area contributed by atoms with Crippen LogP contribution in [0.5, 0.6) is 0 Å². The van der Waals surface area contributed by atoms with E-state index < -0.39 is 6.04 Å². The molecule has 6 nitrogen and oxygen atoms in total. The van der Waals surface area contributed by atoms with Crippen molar-refractivity contribution in [3.8, 4) is 0 Å². The van der Waals surface area contributed by atoms with Crippen molar-refractivity contribution in [3.05, 3.63) is 0 Å². The molecule has 0 saturated carbocycles. The molecule has 2 aliphatic heterocycles. The number of nitrogens with one attached hydrogen (secondary N) is 1. The largest absolute Gasteiger partial charge is 0.344 e. The van der Waals surface area contributed by atoms with E-state index >= 15 is 0 Å². The zero-order valence-electron chi connectivity index (χ0n) is 11.5. The predicted molar refractivity (Wildman–Crippen MR) is 69.2 cm³/mol. The Morgan fingerprint density at radius 1 is 1.26 bits per heavy atom. The second-order valence-corrected chi connectivity index (χ2v) is 5.32. The number of nitrogens with zero attached hydrogens (tertiary/aromatic N) is 2. The standard InChI is InChI=1S/C13H21N3O3/c1-3-6-16-12(18)7-10(13(16)19)14-9-4-5-11(17)15(2)8-9/h9-10,14H,3-8H2,1-2H3. The van der Waals surface area contributed by atoms with Gasteiger partial charge in [-0.3, -0.25) is 19.3 Å². The minimum absolute atomic E-state index is 0.0930. The monoisotopic (exact) mass is 267 g/mol. The van der Waals surface area contributed by atoms with Gasteiger partial charge in [0.15, 0.2) is 0 Å². The molecule has 2 atom stereocenters. The van der Waals surface area contributed by atoms with Crippen LogP contribution in [-0.2, 0) is 14.4 Å². The number of carbonyl (C=O) groups is 3. The van der Waals surface area contributed by atoms with Crippen LogP contribution in [0.4, 0.5) is 0 Å². The van der Waals surface area contributed by atoms with Crippen LogP contribution in [0.25, 0.3) is 0 Å². The number of carbonyl (C=O) groups excluding carboxylic acids is 3. The summed E-state index contributed by atoms with van der Waals surface area (Å²) in [5.41, 5.74) is 0. The Balaban J connectivity index is 1.92.